The number of rotatable bonds is 10. The van der Waals surface area contributed by atoms with E-state index in [-0.39, 0.29) is 24.3 Å². The predicted molar refractivity (Wildman–Crippen MR) is 138 cm³/mol. The highest BCUT2D eigenvalue weighted by Gasteiger charge is 2.38. The van der Waals surface area contributed by atoms with Crippen LogP contribution in [-0.4, -0.2) is 52.0 Å². The first-order valence-corrected chi connectivity index (χ1v) is 12.4. The average molecular weight is 513 g/mol. The molecule has 10 heteroatoms. The van der Waals surface area contributed by atoms with E-state index in [1.54, 1.807) is 36.4 Å². The molecule has 1 aromatic heterocycles. The molecule has 0 radical (unpaired) electrons. The number of hydrogen-bond donors (Lipinski definition) is 4. The second-order valence-electron chi connectivity index (χ2n) is 9.18. The van der Waals surface area contributed by atoms with E-state index in [0.29, 0.717) is 29.4 Å². The molecule has 9 nitrogen and oxygen atoms in total. The van der Waals surface area contributed by atoms with Crippen molar-refractivity contribution < 1.29 is 14.7 Å². The Labute approximate surface area is 216 Å². The maximum absolute atomic E-state index is 13.3. The zero-order chi connectivity index (χ0) is 26.2. The highest BCUT2D eigenvalue weighted by atomic mass is 35.5. The van der Waals surface area contributed by atoms with E-state index in [1.165, 1.54) is 0 Å². The molecule has 4 N–H and O–H groups in total. The van der Waals surface area contributed by atoms with Gasteiger partial charge in [-0.3, -0.25) is 14.6 Å². The van der Waals surface area contributed by atoms with Crippen LogP contribution in [0.4, 0.5) is 0 Å². The number of benzene rings is 1. The normalized spacial score (nSPS) is 17.6. The van der Waals surface area contributed by atoms with Gasteiger partial charge in [-0.2, -0.15) is 5.11 Å². The molecule has 3 rings (SSSR count). The maximum atomic E-state index is 13.3. The number of aliphatic hydroxyl groups excluding tert-OH is 1. The van der Waals surface area contributed by atoms with Crippen LogP contribution in [0.25, 0.3) is 11.3 Å². The Morgan fingerprint density at radius 3 is 2.64 bits per heavy atom. The van der Waals surface area contributed by atoms with Crippen LogP contribution in [-0.2, 0) is 9.59 Å². The van der Waals surface area contributed by atoms with Crippen LogP contribution in [0, 0.1) is 11.4 Å². The van der Waals surface area contributed by atoms with Crippen molar-refractivity contribution in [2.24, 2.45) is 11.0 Å². The van der Waals surface area contributed by atoms with Crippen molar-refractivity contribution in [1.82, 2.24) is 20.5 Å². The summed E-state index contributed by atoms with van der Waals surface area (Å²) in [4.78, 5) is 32.5. The van der Waals surface area contributed by atoms with Crippen molar-refractivity contribution in [3.8, 4) is 11.3 Å². The molecule has 192 valence electrons. The lowest BCUT2D eigenvalue weighted by Crippen LogP contribution is -2.53. The fourth-order valence-corrected chi connectivity index (χ4v) is 4.48. The largest absolute Gasteiger partial charge is 0.394 e. The summed E-state index contributed by atoms with van der Waals surface area (Å²) in [6.07, 6.45) is 4.48. The first kappa shape index (κ1) is 27.3. The van der Waals surface area contributed by atoms with E-state index in [0.717, 1.165) is 17.5 Å². The van der Waals surface area contributed by atoms with Crippen molar-refractivity contribution in [2.45, 2.75) is 51.7 Å². The van der Waals surface area contributed by atoms with E-state index in [2.05, 4.69) is 20.7 Å². The van der Waals surface area contributed by atoms with Crippen LogP contribution in [0.2, 0.25) is 5.02 Å². The number of amides is 2. The first-order valence-electron chi connectivity index (χ1n) is 12.0. The predicted octanol–water partition coefficient (Wildman–Crippen LogP) is 4.05. The number of aliphatic hydroxyl groups is 1. The molecule has 0 saturated carbocycles. The highest BCUT2D eigenvalue weighted by Crippen LogP contribution is 2.27. The molecule has 1 aliphatic rings. The SMILES string of the molecule is C/C(=C/N[C@H](C(=O)N1CCC[C@H]1C(=O)N[C@@H](CO)c1ccc(-c2ncccc2Cl)cc1)C(C)C)N=N. The molecule has 0 unspecified atom stereocenters. The minimum atomic E-state index is -0.619. The summed E-state index contributed by atoms with van der Waals surface area (Å²) in [5.41, 5.74) is 9.75. The minimum absolute atomic E-state index is 0.0343. The third-order valence-electron chi connectivity index (χ3n) is 6.26. The lowest BCUT2D eigenvalue weighted by atomic mass is 10.0. The van der Waals surface area contributed by atoms with Crippen LogP contribution in [0.3, 0.4) is 0 Å². The fraction of sp³-hybridized carbons (Fsp3) is 0.423. The molecule has 3 atom stereocenters. The van der Waals surface area contributed by atoms with Crippen molar-refractivity contribution in [3.63, 3.8) is 0 Å². The van der Waals surface area contributed by atoms with Crippen LogP contribution in [0.1, 0.15) is 45.2 Å². The number of likely N-dealkylation sites (tertiary alicyclic amines) is 1. The van der Waals surface area contributed by atoms with Crippen molar-refractivity contribution in [3.05, 3.63) is 65.1 Å². The number of aromatic nitrogens is 1. The van der Waals surface area contributed by atoms with Gasteiger partial charge in [0, 0.05) is 24.5 Å². The number of carbonyl (C=O) groups excluding carboxylic acids is 2. The lowest BCUT2D eigenvalue weighted by molar-refractivity contribution is -0.141. The Bertz CT molecular complexity index is 1110. The Morgan fingerprint density at radius 1 is 1.31 bits per heavy atom. The molecule has 2 heterocycles. The van der Waals surface area contributed by atoms with Gasteiger partial charge in [0.05, 0.1) is 29.1 Å². The standard InChI is InChI=1S/C26H33ClN6O3/c1-16(2)23(30-14-17(3)32-28)26(36)33-13-5-7-22(33)25(35)31-21(15-34)18-8-10-19(11-9-18)24-20(27)6-4-12-29-24/h4,6,8-12,14,16,21-23,28,30,34H,5,7,13,15H2,1-3H3,(H,31,35)/b17-14-,32-28?/t21-,22-,23-/m0/s1. The van der Waals surface area contributed by atoms with Gasteiger partial charge >= 0.3 is 0 Å². The van der Waals surface area contributed by atoms with Gasteiger partial charge in [0.25, 0.3) is 0 Å². The molecule has 1 saturated heterocycles. The van der Waals surface area contributed by atoms with Gasteiger partial charge in [-0.25, -0.2) is 5.53 Å². The molecule has 0 aliphatic carbocycles. The van der Waals surface area contributed by atoms with Gasteiger partial charge in [-0.15, -0.1) is 0 Å². The van der Waals surface area contributed by atoms with Gasteiger partial charge in [0.1, 0.15) is 12.1 Å². The zero-order valence-electron chi connectivity index (χ0n) is 20.7. The quantitative estimate of drug-likeness (QED) is 0.357. The second kappa shape index (κ2) is 12.6. The smallest absolute Gasteiger partial charge is 0.245 e. The molecule has 2 amide bonds. The Kier molecular flexibility index (Phi) is 9.55. The average Bonchev–Trinajstić information content (AvgIpc) is 3.37. The summed E-state index contributed by atoms with van der Waals surface area (Å²) in [6, 6.07) is 9.09. The lowest BCUT2D eigenvalue weighted by Gasteiger charge is -2.31. The van der Waals surface area contributed by atoms with Crippen LogP contribution < -0.4 is 10.6 Å². The van der Waals surface area contributed by atoms with Gasteiger partial charge in [-0.1, -0.05) is 49.7 Å². The van der Waals surface area contributed by atoms with E-state index in [1.807, 2.05) is 38.1 Å². The number of hydrogen-bond acceptors (Lipinski definition) is 7. The van der Waals surface area contributed by atoms with Crippen molar-refractivity contribution in [2.75, 3.05) is 13.2 Å². The van der Waals surface area contributed by atoms with E-state index in [4.69, 9.17) is 17.1 Å². The molecular weight excluding hydrogens is 480 g/mol. The Morgan fingerprint density at radius 2 is 2.03 bits per heavy atom. The minimum Gasteiger partial charge on any atom is -0.394 e. The number of allylic oxidation sites excluding steroid dienone is 1. The molecule has 0 bridgehead atoms. The summed E-state index contributed by atoms with van der Waals surface area (Å²) in [7, 11) is 0. The number of nitrogens with zero attached hydrogens (tertiary/aromatic N) is 3. The number of pyridine rings is 1. The molecule has 1 aliphatic heterocycles. The summed E-state index contributed by atoms with van der Waals surface area (Å²) in [5, 5.41) is 19.9. The summed E-state index contributed by atoms with van der Waals surface area (Å²) in [5.74, 6) is -0.506. The van der Waals surface area contributed by atoms with Gasteiger partial charge < -0.3 is 20.6 Å². The third-order valence-corrected chi connectivity index (χ3v) is 6.57. The van der Waals surface area contributed by atoms with Gasteiger partial charge in [-0.05, 0) is 43.4 Å². The molecule has 1 fully saturated rings. The molecule has 1 aromatic carbocycles. The molecule has 2 aromatic rings. The van der Waals surface area contributed by atoms with Crippen LogP contribution in [0.5, 0.6) is 0 Å². The van der Waals surface area contributed by atoms with E-state index in [9.17, 15) is 14.7 Å². The Balaban J connectivity index is 1.71. The second-order valence-corrected chi connectivity index (χ2v) is 9.58. The van der Waals surface area contributed by atoms with Crippen LogP contribution in [0.15, 0.2) is 59.6 Å². The third kappa shape index (κ3) is 6.47. The maximum Gasteiger partial charge on any atom is 0.245 e. The van der Waals surface area contributed by atoms with E-state index < -0.39 is 18.1 Å². The number of carbonyl (C=O) groups is 2. The van der Waals surface area contributed by atoms with E-state index >= 15 is 0 Å². The number of halogens is 1. The van der Waals surface area contributed by atoms with Gasteiger partial charge in [0.15, 0.2) is 0 Å². The monoisotopic (exact) mass is 512 g/mol. The summed E-state index contributed by atoms with van der Waals surface area (Å²) < 4.78 is 0. The van der Waals surface area contributed by atoms with Crippen LogP contribution >= 0.6 is 11.6 Å². The summed E-state index contributed by atoms with van der Waals surface area (Å²) >= 11 is 6.24. The van der Waals surface area contributed by atoms with Gasteiger partial charge in [0.2, 0.25) is 11.8 Å². The summed E-state index contributed by atoms with van der Waals surface area (Å²) in [6.45, 7) is 5.71. The number of nitrogens with one attached hydrogen (secondary N) is 3. The Hall–Kier alpha value is -3.30. The zero-order valence-corrected chi connectivity index (χ0v) is 21.5. The molecule has 0 spiro atoms. The molecular formula is C26H33ClN6O3. The highest BCUT2D eigenvalue weighted by molar-refractivity contribution is 6.33. The first-order chi connectivity index (χ1) is 17.3. The van der Waals surface area contributed by atoms with Crippen molar-refractivity contribution >= 4 is 23.4 Å². The topological polar surface area (TPSA) is 131 Å². The fourth-order valence-electron chi connectivity index (χ4n) is 4.25. The van der Waals surface area contributed by atoms with Crippen molar-refractivity contribution in [1.29, 1.82) is 5.53 Å². The molecule has 36 heavy (non-hydrogen) atoms.